The SMILES string of the molecule is CCOc1cc(C=Nn2cc(C)nc2N)ccc1OCc1ccc(C(=O)OC)o1. The van der Waals surface area contributed by atoms with Gasteiger partial charge in [-0.05, 0) is 49.7 Å². The Morgan fingerprint density at radius 1 is 1.28 bits per heavy atom. The standard InChI is InChI=1S/C20H22N4O5/c1-4-27-18-9-14(10-22-24-11-13(2)23-20(24)21)5-7-16(18)28-12-15-6-8-17(29-15)19(25)26-3/h5-11H,4,12H2,1-3H3,(H2,21,23). The van der Waals surface area contributed by atoms with Crippen LogP contribution in [0.1, 0.15) is 34.5 Å². The number of hydrogen-bond acceptors (Lipinski definition) is 8. The molecule has 9 heteroatoms. The Hall–Kier alpha value is -3.75. The van der Waals surface area contributed by atoms with Crippen LogP contribution in [0.5, 0.6) is 11.5 Å². The first kappa shape index (κ1) is 20.0. The molecule has 9 nitrogen and oxygen atoms in total. The molecule has 2 aromatic heterocycles. The van der Waals surface area contributed by atoms with E-state index in [1.807, 2.05) is 26.0 Å². The molecule has 1 aromatic carbocycles. The van der Waals surface area contributed by atoms with Crippen molar-refractivity contribution in [2.24, 2.45) is 5.10 Å². The number of nitrogens with two attached hydrogens (primary N) is 1. The van der Waals surface area contributed by atoms with E-state index in [0.29, 0.717) is 29.8 Å². The highest BCUT2D eigenvalue weighted by molar-refractivity contribution is 5.86. The fourth-order valence-corrected chi connectivity index (χ4v) is 2.53. The van der Waals surface area contributed by atoms with Gasteiger partial charge in [0.2, 0.25) is 11.7 Å². The third-order valence-corrected chi connectivity index (χ3v) is 3.85. The van der Waals surface area contributed by atoms with E-state index in [1.165, 1.54) is 17.9 Å². The van der Waals surface area contributed by atoms with Gasteiger partial charge in [0.25, 0.3) is 0 Å². The molecule has 0 saturated heterocycles. The molecule has 0 aliphatic carbocycles. The predicted octanol–water partition coefficient (Wildman–Crippen LogP) is 3.01. The van der Waals surface area contributed by atoms with Crippen molar-refractivity contribution in [1.29, 1.82) is 0 Å². The second-order valence-corrected chi connectivity index (χ2v) is 6.02. The largest absolute Gasteiger partial charge is 0.490 e. The van der Waals surface area contributed by atoms with Gasteiger partial charge in [-0.1, -0.05) is 0 Å². The molecule has 0 spiro atoms. The van der Waals surface area contributed by atoms with Crippen LogP contribution < -0.4 is 15.2 Å². The molecule has 0 unspecified atom stereocenters. The van der Waals surface area contributed by atoms with Crippen LogP contribution in [-0.4, -0.2) is 35.6 Å². The van der Waals surface area contributed by atoms with Crippen molar-refractivity contribution in [1.82, 2.24) is 9.66 Å². The Bertz CT molecular complexity index is 1020. The number of nitrogens with zero attached hydrogens (tertiary/aromatic N) is 3. The fraction of sp³-hybridized carbons (Fsp3) is 0.250. The van der Waals surface area contributed by atoms with Crippen molar-refractivity contribution < 1.29 is 23.4 Å². The van der Waals surface area contributed by atoms with Crippen molar-refractivity contribution in [2.75, 3.05) is 19.5 Å². The van der Waals surface area contributed by atoms with Crippen LogP contribution in [0.2, 0.25) is 0 Å². The first-order valence-corrected chi connectivity index (χ1v) is 8.92. The summed E-state index contributed by atoms with van der Waals surface area (Å²) < 4.78 is 23.0. The number of esters is 1. The zero-order valence-electron chi connectivity index (χ0n) is 16.4. The number of rotatable bonds is 8. The average molecular weight is 398 g/mol. The molecular formula is C20H22N4O5. The summed E-state index contributed by atoms with van der Waals surface area (Å²) in [4.78, 5) is 15.6. The minimum Gasteiger partial charge on any atom is -0.490 e. The lowest BCUT2D eigenvalue weighted by atomic mass is 10.2. The van der Waals surface area contributed by atoms with Gasteiger partial charge in [0.05, 0.1) is 31.8 Å². The summed E-state index contributed by atoms with van der Waals surface area (Å²) in [5, 5.41) is 4.30. The van der Waals surface area contributed by atoms with Gasteiger partial charge in [-0.2, -0.15) is 5.10 Å². The maximum Gasteiger partial charge on any atom is 0.373 e. The monoisotopic (exact) mass is 398 g/mol. The first-order valence-electron chi connectivity index (χ1n) is 8.92. The molecule has 0 amide bonds. The lowest BCUT2D eigenvalue weighted by Gasteiger charge is -2.11. The van der Waals surface area contributed by atoms with E-state index in [1.54, 1.807) is 24.5 Å². The zero-order valence-corrected chi connectivity index (χ0v) is 16.4. The van der Waals surface area contributed by atoms with Gasteiger partial charge in [-0.3, -0.25) is 0 Å². The quantitative estimate of drug-likeness (QED) is 0.458. The molecule has 29 heavy (non-hydrogen) atoms. The van der Waals surface area contributed by atoms with E-state index in [0.717, 1.165) is 11.3 Å². The molecule has 152 valence electrons. The fourth-order valence-electron chi connectivity index (χ4n) is 2.53. The molecule has 3 aromatic rings. The third-order valence-electron chi connectivity index (χ3n) is 3.85. The summed E-state index contributed by atoms with van der Waals surface area (Å²) in [5.74, 6) is 1.49. The third kappa shape index (κ3) is 4.95. The molecule has 0 radical (unpaired) electrons. The molecule has 0 aliphatic rings. The summed E-state index contributed by atoms with van der Waals surface area (Å²) in [5.41, 5.74) is 7.37. The van der Waals surface area contributed by atoms with Crippen LogP contribution in [0.15, 0.2) is 46.0 Å². The highest BCUT2D eigenvalue weighted by Gasteiger charge is 2.12. The molecular weight excluding hydrogens is 376 g/mol. The van der Waals surface area contributed by atoms with Crippen LogP contribution in [0.3, 0.4) is 0 Å². The highest BCUT2D eigenvalue weighted by Crippen LogP contribution is 2.29. The topological polar surface area (TPSA) is 114 Å². The molecule has 2 N–H and O–H groups in total. The summed E-state index contributed by atoms with van der Waals surface area (Å²) in [6, 6.07) is 8.62. The van der Waals surface area contributed by atoms with E-state index >= 15 is 0 Å². The zero-order chi connectivity index (χ0) is 20.8. The number of methoxy groups -OCH3 is 1. The van der Waals surface area contributed by atoms with Crippen molar-refractivity contribution >= 4 is 18.1 Å². The van der Waals surface area contributed by atoms with Gasteiger partial charge in [0, 0.05) is 0 Å². The van der Waals surface area contributed by atoms with Crippen LogP contribution in [0.25, 0.3) is 0 Å². The molecule has 3 rings (SSSR count). The number of nitrogen functional groups attached to an aromatic ring is 1. The van der Waals surface area contributed by atoms with Gasteiger partial charge in [-0.15, -0.1) is 0 Å². The van der Waals surface area contributed by atoms with Crippen LogP contribution >= 0.6 is 0 Å². The number of hydrogen-bond donors (Lipinski definition) is 1. The van der Waals surface area contributed by atoms with Crippen molar-refractivity contribution in [3.05, 3.63) is 59.3 Å². The van der Waals surface area contributed by atoms with Gasteiger partial charge >= 0.3 is 5.97 Å². The van der Waals surface area contributed by atoms with E-state index in [4.69, 9.17) is 19.6 Å². The smallest absolute Gasteiger partial charge is 0.373 e. The number of ether oxygens (including phenoxy) is 3. The van der Waals surface area contributed by atoms with E-state index in [9.17, 15) is 4.79 Å². The summed E-state index contributed by atoms with van der Waals surface area (Å²) in [6.45, 7) is 4.33. The number of aryl methyl sites for hydroxylation is 1. The number of benzene rings is 1. The Morgan fingerprint density at radius 2 is 2.10 bits per heavy atom. The average Bonchev–Trinajstić information content (AvgIpc) is 3.31. The van der Waals surface area contributed by atoms with Crippen LogP contribution in [-0.2, 0) is 11.3 Å². The lowest BCUT2D eigenvalue weighted by molar-refractivity contribution is 0.0561. The minimum atomic E-state index is -0.538. The minimum absolute atomic E-state index is 0.122. The van der Waals surface area contributed by atoms with Gasteiger partial charge < -0.3 is 24.4 Å². The first-order chi connectivity index (χ1) is 14.0. The number of carbonyl (C=O) groups excluding carboxylic acids is 1. The van der Waals surface area contributed by atoms with Gasteiger partial charge in [0.15, 0.2) is 11.5 Å². The maximum absolute atomic E-state index is 11.5. The molecule has 2 heterocycles. The summed E-state index contributed by atoms with van der Waals surface area (Å²) >= 11 is 0. The maximum atomic E-state index is 11.5. The highest BCUT2D eigenvalue weighted by atomic mass is 16.5. The van der Waals surface area contributed by atoms with Gasteiger partial charge in [0.1, 0.15) is 12.4 Å². The lowest BCUT2D eigenvalue weighted by Crippen LogP contribution is -2.01. The van der Waals surface area contributed by atoms with Crippen LogP contribution in [0, 0.1) is 6.92 Å². The molecule has 0 aliphatic heterocycles. The van der Waals surface area contributed by atoms with E-state index in [2.05, 4.69) is 14.8 Å². The number of imidazole rings is 1. The number of anilines is 1. The van der Waals surface area contributed by atoms with E-state index < -0.39 is 5.97 Å². The molecule has 0 fully saturated rings. The van der Waals surface area contributed by atoms with Crippen molar-refractivity contribution in [2.45, 2.75) is 20.5 Å². The molecule has 0 atom stereocenters. The Kier molecular flexibility index (Phi) is 6.18. The molecule has 0 saturated carbocycles. The molecule has 0 bridgehead atoms. The number of furan rings is 1. The van der Waals surface area contributed by atoms with Crippen molar-refractivity contribution in [3.63, 3.8) is 0 Å². The second-order valence-electron chi connectivity index (χ2n) is 6.02. The van der Waals surface area contributed by atoms with E-state index in [-0.39, 0.29) is 12.4 Å². The predicted molar refractivity (Wildman–Crippen MR) is 106 cm³/mol. The van der Waals surface area contributed by atoms with Crippen molar-refractivity contribution in [3.8, 4) is 11.5 Å². The van der Waals surface area contributed by atoms with Gasteiger partial charge in [-0.25, -0.2) is 14.5 Å². The second kappa shape index (κ2) is 8.96. The normalized spacial score (nSPS) is 11.0. The number of carbonyl (C=O) groups is 1. The Morgan fingerprint density at radius 3 is 2.79 bits per heavy atom. The summed E-state index contributed by atoms with van der Waals surface area (Å²) in [6.07, 6.45) is 3.39. The number of aromatic nitrogens is 2. The summed E-state index contributed by atoms with van der Waals surface area (Å²) in [7, 11) is 1.29. The Balaban J connectivity index is 1.73. The van der Waals surface area contributed by atoms with Crippen LogP contribution in [0.4, 0.5) is 5.95 Å². The Labute approximate surface area is 167 Å².